The Kier molecular flexibility index (Phi) is 5.07. The number of hydrogen-bond donors (Lipinski definition) is 1. The maximum absolute atomic E-state index is 12.3. The second kappa shape index (κ2) is 7.80. The third-order valence-electron chi connectivity index (χ3n) is 4.91. The minimum Gasteiger partial charge on any atom is -0.493 e. The molecule has 140 valence electrons. The van der Waals surface area contributed by atoms with E-state index < -0.39 is 0 Å². The molecule has 1 fully saturated rings. The van der Waals surface area contributed by atoms with Crippen molar-refractivity contribution in [2.75, 3.05) is 33.4 Å². The van der Waals surface area contributed by atoms with E-state index in [1.165, 1.54) is 12.8 Å². The van der Waals surface area contributed by atoms with Crippen molar-refractivity contribution in [1.82, 2.24) is 14.9 Å². The van der Waals surface area contributed by atoms with E-state index in [4.69, 9.17) is 9.47 Å². The van der Waals surface area contributed by atoms with E-state index in [0.29, 0.717) is 34.8 Å². The molecule has 6 nitrogen and oxygen atoms in total. The van der Waals surface area contributed by atoms with Crippen LogP contribution in [-0.4, -0.2) is 48.2 Å². The minimum atomic E-state index is -0.152. The molecule has 2 heterocycles. The average molecular weight is 365 g/mol. The lowest BCUT2D eigenvalue weighted by Crippen LogP contribution is -2.25. The molecule has 0 unspecified atom stereocenters. The average Bonchev–Trinajstić information content (AvgIpc) is 3.21. The topological polar surface area (TPSA) is 67.4 Å². The zero-order chi connectivity index (χ0) is 18.6. The molecule has 4 rings (SSSR count). The highest BCUT2D eigenvalue weighted by Gasteiger charge is 2.13. The Bertz CT molecular complexity index is 993. The Balaban J connectivity index is 1.56. The quantitative estimate of drug-likeness (QED) is 0.727. The van der Waals surface area contributed by atoms with Crippen LogP contribution in [0.15, 0.2) is 47.3 Å². The summed E-state index contributed by atoms with van der Waals surface area (Å²) < 4.78 is 11.4. The highest BCUT2D eigenvalue weighted by Crippen LogP contribution is 2.31. The summed E-state index contributed by atoms with van der Waals surface area (Å²) in [6.45, 7) is 3.85. The molecule has 1 saturated heterocycles. The van der Waals surface area contributed by atoms with Gasteiger partial charge in [0.15, 0.2) is 11.5 Å². The number of para-hydroxylation sites is 1. The predicted molar refractivity (Wildman–Crippen MR) is 106 cm³/mol. The number of aromatic amines is 1. The smallest absolute Gasteiger partial charge is 0.259 e. The van der Waals surface area contributed by atoms with Crippen LogP contribution >= 0.6 is 0 Å². The zero-order valence-corrected chi connectivity index (χ0v) is 15.4. The van der Waals surface area contributed by atoms with Crippen molar-refractivity contribution in [2.45, 2.75) is 12.8 Å². The van der Waals surface area contributed by atoms with Gasteiger partial charge >= 0.3 is 0 Å². The lowest BCUT2D eigenvalue weighted by atomic mass is 10.1. The number of nitrogens with zero attached hydrogens (tertiary/aromatic N) is 2. The molecule has 6 heteroatoms. The lowest BCUT2D eigenvalue weighted by molar-refractivity contribution is 0.230. The van der Waals surface area contributed by atoms with E-state index in [1.54, 1.807) is 13.2 Å². The zero-order valence-electron chi connectivity index (χ0n) is 15.4. The molecule has 1 aromatic heterocycles. The maximum Gasteiger partial charge on any atom is 0.259 e. The van der Waals surface area contributed by atoms with Gasteiger partial charge in [0, 0.05) is 12.1 Å². The third-order valence-corrected chi connectivity index (χ3v) is 4.91. The molecule has 2 aromatic carbocycles. The fourth-order valence-electron chi connectivity index (χ4n) is 3.45. The van der Waals surface area contributed by atoms with Crippen LogP contribution in [0.1, 0.15) is 12.8 Å². The molecule has 0 saturated carbocycles. The van der Waals surface area contributed by atoms with Crippen LogP contribution in [0.25, 0.3) is 22.3 Å². The largest absolute Gasteiger partial charge is 0.493 e. The van der Waals surface area contributed by atoms with E-state index in [2.05, 4.69) is 14.9 Å². The molecule has 0 radical (unpaired) electrons. The maximum atomic E-state index is 12.3. The van der Waals surface area contributed by atoms with Crippen molar-refractivity contribution in [3.05, 3.63) is 52.8 Å². The van der Waals surface area contributed by atoms with Crippen LogP contribution < -0.4 is 15.0 Å². The molecule has 3 aromatic rings. The molecular weight excluding hydrogens is 342 g/mol. The first-order chi connectivity index (χ1) is 13.2. The second-order valence-corrected chi connectivity index (χ2v) is 6.69. The molecule has 1 N–H and O–H groups in total. The summed E-state index contributed by atoms with van der Waals surface area (Å²) in [5.74, 6) is 1.84. The van der Waals surface area contributed by atoms with Gasteiger partial charge in [-0.3, -0.25) is 9.69 Å². The first-order valence-electron chi connectivity index (χ1n) is 9.27. The Morgan fingerprint density at radius 3 is 2.74 bits per heavy atom. The number of aromatic nitrogens is 2. The molecule has 0 spiro atoms. The van der Waals surface area contributed by atoms with E-state index in [0.717, 1.165) is 25.2 Å². The number of rotatable bonds is 6. The van der Waals surface area contributed by atoms with Gasteiger partial charge in [0.2, 0.25) is 0 Å². The first-order valence-corrected chi connectivity index (χ1v) is 9.27. The van der Waals surface area contributed by atoms with Gasteiger partial charge in [-0.2, -0.15) is 0 Å². The van der Waals surface area contributed by atoms with Gasteiger partial charge in [0.25, 0.3) is 5.56 Å². The summed E-state index contributed by atoms with van der Waals surface area (Å²) >= 11 is 0. The van der Waals surface area contributed by atoms with Gasteiger partial charge in [0.05, 0.1) is 18.0 Å². The summed E-state index contributed by atoms with van der Waals surface area (Å²) in [7, 11) is 1.61. The van der Waals surface area contributed by atoms with Crippen LogP contribution in [0.2, 0.25) is 0 Å². The van der Waals surface area contributed by atoms with Gasteiger partial charge < -0.3 is 14.5 Å². The van der Waals surface area contributed by atoms with Crippen LogP contribution in [0.4, 0.5) is 0 Å². The number of hydrogen-bond acceptors (Lipinski definition) is 5. The summed E-state index contributed by atoms with van der Waals surface area (Å²) in [5.41, 5.74) is 1.29. The van der Waals surface area contributed by atoms with Gasteiger partial charge in [-0.05, 0) is 56.3 Å². The molecule has 0 atom stereocenters. The number of fused-ring (bicyclic) bond motifs is 1. The van der Waals surface area contributed by atoms with Crippen molar-refractivity contribution in [3.8, 4) is 22.9 Å². The lowest BCUT2D eigenvalue weighted by Gasteiger charge is -2.16. The molecule has 0 aliphatic carbocycles. The van der Waals surface area contributed by atoms with Crippen molar-refractivity contribution in [3.63, 3.8) is 0 Å². The van der Waals surface area contributed by atoms with E-state index in [9.17, 15) is 4.79 Å². The molecular formula is C21H23N3O3. The summed E-state index contributed by atoms with van der Waals surface area (Å²) in [4.78, 5) is 22.1. The van der Waals surface area contributed by atoms with Gasteiger partial charge in [-0.15, -0.1) is 0 Å². The van der Waals surface area contributed by atoms with E-state index in [1.807, 2.05) is 36.4 Å². The van der Waals surface area contributed by atoms with Gasteiger partial charge in [-0.25, -0.2) is 4.98 Å². The third kappa shape index (κ3) is 3.80. The number of likely N-dealkylation sites (tertiary alicyclic amines) is 1. The van der Waals surface area contributed by atoms with Crippen LogP contribution in [0.3, 0.4) is 0 Å². The molecule has 27 heavy (non-hydrogen) atoms. The summed E-state index contributed by atoms with van der Waals surface area (Å²) in [6, 6.07) is 12.9. The minimum absolute atomic E-state index is 0.152. The second-order valence-electron chi connectivity index (χ2n) is 6.69. The summed E-state index contributed by atoms with van der Waals surface area (Å²) in [6.07, 6.45) is 2.55. The van der Waals surface area contributed by atoms with Crippen molar-refractivity contribution in [2.24, 2.45) is 0 Å². The van der Waals surface area contributed by atoms with Crippen molar-refractivity contribution < 1.29 is 9.47 Å². The molecule has 1 aliphatic rings. The SMILES string of the molecule is COc1cc(-c2nc3ccccc3c(=O)[nH]2)ccc1OCCN1CCCC1. The standard InChI is InChI=1S/C21H23N3O3/c1-26-19-14-15(8-9-18(19)27-13-12-24-10-4-5-11-24)20-22-17-7-3-2-6-16(17)21(25)23-20/h2-3,6-9,14H,4-5,10-13H2,1H3,(H,22,23,25). The predicted octanol–water partition coefficient (Wildman–Crippen LogP) is 3.07. The highest BCUT2D eigenvalue weighted by molar-refractivity contribution is 5.79. The Labute approximate surface area is 157 Å². The fraction of sp³-hybridized carbons (Fsp3) is 0.333. The van der Waals surface area contributed by atoms with Crippen LogP contribution in [-0.2, 0) is 0 Å². The fourth-order valence-corrected chi connectivity index (χ4v) is 3.45. The number of H-pyrrole nitrogens is 1. The van der Waals surface area contributed by atoms with E-state index in [-0.39, 0.29) is 5.56 Å². The Morgan fingerprint density at radius 1 is 1.11 bits per heavy atom. The number of nitrogens with one attached hydrogen (secondary N) is 1. The van der Waals surface area contributed by atoms with Crippen molar-refractivity contribution >= 4 is 10.9 Å². The Morgan fingerprint density at radius 2 is 1.93 bits per heavy atom. The monoisotopic (exact) mass is 365 g/mol. The first kappa shape index (κ1) is 17.5. The molecule has 0 bridgehead atoms. The van der Waals surface area contributed by atoms with Crippen LogP contribution in [0, 0.1) is 0 Å². The normalized spacial score (nSPS) is 14.6. The highest BCUT2D eigenvalue weighted by atomic mass is 16.5. The van der Waals surface area contributed by atoms with Gasteiger partial charge in [0.1, 0.15) is 12.4 Å². The van der Waals surface area contributed by atoms with Crippen LogP contribution in [0.5, 0.6) is 11.5 Å². The summed E-state index contributed by atoms with van der Waals surface area (Å²) in [5, 5.41) is 0.579. The Hall–Kier alpha value is -2.86. The molecule has 1 aliphatic heterocycles. The molecule has 0 amide bonds. The number of benzene rings is 2. The number of methoxy groups -OCH3 is 1. The number of ether oxygens (including phenoxy) is 2. The van der Waals surface area contributed by atoms with E-state index >= 15 is 0 Å². The van der Waals surface area contributed by atoms with Gasteiger partial charge in [-0.1, -0.05) is 12.1 Å². The van der Waals surface area contributed by atoms with Crippen molar-refractivity contribution in [1.29, 1.82) is 0 Å².